The molecular formula is C24H28N4O3. The van der Waals surface area contributed by atoms with Crippen molar-refractivity contribution < 1.29 is 14.4 Å². The predicted octanol–water partition coefficient (Wildman–Crippen LogP) is 2.37. The van der Waals surface area contributed by atoms with E-state index >= 15 is 0 Å². The predicted molar refractivity (Wildman–Crippen MR) is 116 cm³/mol. The maximum atomic E-state index is 13.2. The summed E-state index contributed by atoms with van der Waals surface area (Å²) >= 11 is 0. The van der Waals surface area contributed by atoms with Crippen LogP contribution < -0.4 is 0 Å². The lowest BCUT2D eigenvalue weighted by Gasteiger charge is -2.27. The van der Waals surface area contributed by atoms with Crippen molar-refractivity contribution in [2.45, 2.75) is 25.8 Å². The zero-order chi connectivity index (χ0) is 21.8. The van der Waals surface area contributed by atoms with E-state index in [1.807, 2.05) is 47.1 Å². The zero-order valence-corrected chi connectivity index (χ0v) is 17.8. The number of benzene rings is 1. The molecule has 162 valence electrons. The summed E-state index contributed by atoms with van der Waals surface area (Å²) in [6.07, 6.45) is 4.20. The van der Waals surface area contributed by atoms with E-state index in [1.54, 1.807) is 29.4 Å². The van der Waals surface area contributed by atoms with Gasteiger partial charge in [-0.1, -0.05) is 30.3 Å². The number of amides is 3. The van der Waals surface area contributed by atoms with Gasteiger partial charge in [-0.05, 0) is 31.0 Å². The smallest absolute Gasteiger partial charge is 0.255 e. The number of nitrogens with zero attached hydrogens (tertiary/aromatic N) is 4. The van der Waals surface area contributed by atoms with Gasteiger partial charge in [0.05, 0.1) is 17.5 Å². The van der Waals surface area contributed by atoms with Crippen LogP contribution in [0.1, 0.15) is 41.7 Å². The number of carbonyl (C=O) groups is 3. The molecule has 2 atom stereocenters. The molecule has 2 saturated heterocycles. The van der Waals surface area contributed by atoms with E-state index in [0.717, 1.165) is 12.0 Å². The van der Waals surface area contributed by atoms with Crippen molar-refractivity contribution in [3.8, 4) is 0 Å². The van der Waals surface area contributed by atoms with Gasteiger partial charge in [0.1, 0.15) is 0 Å². The molecule has 2 fully saturated rings. The monoisotopic (exact) mass is 420 g/mol. The molecule has 1 aromatic heterocycles. The third-order valence-electron chi connectivity index (χ3n) is 6.26. The summed E-state index contributed by atoms with van der Waals surface area (Å²) in [6.45, 7) is 4.65. The topological polar surface area (TPSA) is 73.8 Å². The zero-order valence-electron chi connectivity index (χ0n) is 17.8. The van der Waals surface area contributed by atoms with Gasteiger partial charge in [-0.2, -0.15) is 0 Å². The fourth-order valence-electron chi connectivity index (χ4n) is 4.45. The lowest BCUT2D eigenvalue weighted by Crippen LogP contribution is -2.41. The number of hydrogen-bond donors (Lipinski definition) is 0. The fourth-order valence-corrected chi connectivity index (χ4v) is 4.45. The first-order chi connectivity index (χ1) is 15.0. The largest absolute Gasteiger partial charge is 0.341 e. The van der Waals surface area contributed by atoms with Crippen LogP contribution in [0.4, 0.5) is 0 Å². The second-order valence-electron chi connectivity index (χ2n) is 8.25. The van der Waals surface area contributed by atoms with Crippen LogP contribution in [0.2, 0.25) is 0 Å². The van der Waals surface area contributed by atoms with Crippen LogP contribution >= 0.6 is 0 Å². The number of carbonyl (C=O) groups excluding carboxylic acids is 3. The van der Waals surface area contributed by atoms with E-state index < -0.39 is 0 Å². The molecule has 3 amide bonds. The molecule has 7 heteroatoms. The highest BCUT2D eigenvalue weighted by atomic mass is 16.2. The first-order valence-electron chi connectivity index (χ1n) is 10.9. The van der Waals surface area contributed by atoms with Gasteiger partial charge >= 0.3 is 0 Å². The normalized spacial score (nSPS) is 20.5. The Morgan fingerprint density at radius 3 is 2.48 bits per heavy atom. The third kappa shape index (κ3) is 4.60. The lowest BCUT2D eigenvalue weighted by molar-refractivity contribution is -0.135. The minimum atomic E-state index is -0.320. The summed E-state index contributed by atoms with van der Waals surface area (Å²) in [5.74, 6) is -0.328. The maximum absolute atomic E-state index is 13.2. The molecule has 0 saturated carbocycles. The second-order valence-corrected chi connectivity index (χ2v) is 8.25. The van der Waals surface area contributed by atoms with Gasteiger partial charge in [0.15, 0.2) is 0 Å². The molecule has 2 aliphatic rings. The Balaban J connectivity index is 1.36. The molecule has 2 unspecified atom stereocenters. The van der Waals surface area contributed by atoms with Crippen LogP contribution in [0.3, 0.4) is 0 Å². The molecule has 2 aliphatic heterocycles. The van der Waals surface area contributed by atoms with Gasteiger partial charge in [-0.3, -0.25) is 19.4 Å². The van der Waals surface area contributed by atoms with Crippen molar-refractivity contribution in [1.82, 2.24) is 19.7 Å². The average molecular weight is 421 g/mol. The molecular weight excluding hydrogens is 392 g/mol. The molecule has 0 radical (unpaired) electrons. The summed E-state index contributed by atoms with van der Waals surface area (Å²) in [5, 5.41) is 0. The fraction of sp³-hybridized carbons (Fsp3) is 0.417. The van der Waals surface area contributed by atoms with E-state index in [9.17, 15) is 14.4 Å². The van der Waals surface area contributed by atoms with Gasteiger partial charge in [-0.25, -0.2) is 0 Å². The molecule has 1 aromatic carbocycles. The summed E-state index contributed by atoms with van der Waals surface area (Å²) in [5.41, 5.74) is 1.64. The molecule has 4 rings (SSSR count). The summed E-state index contributed by atoms with van der Waals surface area (Å²) in [4.78, 5) is 48.0. The van der Waals surface area contributed by atoms with Crippen LogP contribution in [0.5, 0.6) is 0 Å². The van der Waals surface area contributed by atoms with E-state index in [1.165, 1.54) is 0 Å². The summed E-state index contributed by atoms with van der Waals surface area (Å²) in [7, 11) is 0. The van der Waals surface area contributed by atoms with Crippen LogP contribution in [0.25, 0.3) is 0 Å². The molecule has 3 heterocycles. The Bertz CT molecular complexity index is 934. The minimum Gasteiger partial charge on any atom is -0.341 e. The van der Waals surface area contributed by atoms with Crippen molar-refractivity contribution in [1.29, 1.82) is 0 Å². The Morgan fingerprint density at radius 1 is 1.00 bits per heavy atom. The van der Waals surface area contributed by atoms with Crippen LogP contribution in [0, 0.1) is 5.92 Å². The SMILES string of the molecule is CC(c1ccccc1)N1CC(C(=O)N2CCCN(C(=O)c3cccnc3)CC2)CC1=O. The Kier molecular flexibility index (Phi) is 6.30. The van der Waals surface area contributed by atoms with Gasteiger partial charge in [0.25, 0.3) is 5.91 Å². The number of rotatable bonds is 4. The quantitative estimate of drug-likeness (QED) is 0.761. The van der Waals surface area contributed by atoms with Crippen molar-refractivity contribution in [2.24, 2.45) is 5.92 Å². The average Bonchev–Trinajstić information content (AvgIpc) is 3.04. The van der Waals surface area contributed by atoms with Crippen LogP contribution in [-0.2, 0) is 9.59 Å². The summed E-state index contributed by atoms with van der Waals surface area (Å²) in [6, 6.07) is 13.4. The van der Waals surface area contributed by atoms with Crippen molar-refractivity contribution in [3.05, 3.63) is 66.0 Å². The Labute approximate surface area is 182 Å². The van der Waals surface area contributed by atoms with Crippen molar-refractivity contribution >= 4 is 17.7 Å². The van der Waals surface area contributed by atoms with E-state index in [0.29, 0.717) is 38.3 Å². The van der Waals surface area contributed by atoms with Gasteiger partial charge in [-0.15, -0.1) is 0 Å². The molecule has 0 N–H and O–H groups in total. The highest BCUT2D eigenvalue weighted by Gasteiger charge is 2.39. The van der Waals surface area contributed by atoms with E-state index in [-0.39, 0.29) is 36.1 Å². The molecule has 31 heavy (non-hydrogen) atoms. The molecule has 2 aromatic rings. The number of aromatic nitrogens is 1. The summed E-state index contributed by atoms with van der Waals surface area (Å²) < 4.78 is 0. The Hall–Kier alpha value is -3.22. The number of hydrogen-bond acceptors (Lipinski definition) is 4. The van der Waals surface area contributed by atoms with E-state index in [4.69, 9.17) is 0 Å². The van der Waals surface area contributed by atoms with Crippen LogP contribution in [0.15, 0.2) is 54.9 Å². The van der Waals surface area contributed by atoms with Crippen LogP contribution in [-0.4, -0.2) is 70.1 Å². The highest BCUT2D eigenvalue weighted by molar-refractivity contribution is 5.94. The van der Waals surface area contributed by atoms with Gasteiger partial charge in [0, 0.05) is 51.5 Å². The lowest BCUT2D eigenvalue weighted by atomic mass is 10.1. The highest BCUT2D eigenvalue weighted by Crippen LogP contribution is 2.29. The minimum absolute atomic E-state index is 0.0202. The molecule has 7 nitrogen and oxygen atoms in total. The van der Waals surface area contributed by atoms with Gasteiger partial charge < -0.3 is 14.7 Å². The Morgan fingerprint density at radius 2 is 1.74 bits per heavy atom. The molecule has 0 bridgehead atoms. The third-order valence-corrected chi connectivity index (χ3v) is 6.26. The molecule has 0 spiro atoms. The van der Waals surface area contributed by atoms with Gasteiger partial charge in [0.2, 0.25) is 11.8 Å². The maximum Gasteiger partial charge on any atom is 0.255 e. The first kappa shape index (κ1) is 21.0. The number of likely N-dealkylation sites (tertiary alicyclic amines) is 1. The first-order valence-corrected chi connectivity index (χ1v) is 10.9. The van der Waals surface area contributed by atoms with Crippen molar-refractivity contribution in [2.75, 3.05) is 32.7 Å². The number of pyridine rings is 1. The van der Waals surface area contributed by atoms with Crippen molar-refractivity contribution in [3.63, 3.8) is 0 Å². The second kappa shape index (κ2) is 9.29. The standard InChI is InChI=1S/C24H28N4O3/c1-18(19-7-3-2-4-8-19)28-17-21(15-22(28)29)24(31)27-12-6-11-26(13-14-27)23(30)20-9-5-10-25-16-20/h2-5,7-10,16,18,21H,6,11-15,17H2,1H3. The molecule has 0 aliphatic carbocycles. The van der Waals surface area contributed by atoms with E-state index in [2.05, 4.69) is 4.98 Å².